The normalized spacial score (nSPS) is 14.2. The van der Waals surface area contributed by atoms with Gasteiger partial charge in [-0.1, -0.05) is 54.4 Å². The number of halogens is 4. The van der Waals surface area contributed by atoms with Gasteiger partial charge in [0.2, 0.25) is 5.95 Å². The predicted octanol–water partition coefficient (Wildman–Crippen LogP) is 5.91. The third-order valence-electron chi connectivity index (χ3n) is 6.94. The maximum absolute atomic E-state index is 12.8. The maximum Gasteiger partial charge on any atom is 0.422 e. The van der Waals surface area contributed by atoms with Gasteiger partial charge < -0.3 is 10.1 Å². The van der Waals surface area contributed by atoms with E-state index in [-0.39, 0.29) is 42.6 Å². The number of benzene rings is 2. The number of alkyl halides is 3. The van der Waals surface area contributed by atoms with Crippen LogP contribution in [-0.4, -0.2) is 59.7 Å². The van der Waals surface area contributed by atoms with Crippen molar-refractivity contribution in [2.45, 2.75) is 63.1 Å². The molecule has 1 N–H and O–H groups in total. The average molecular weight is 653 g/mol. The van der Waals surface area contributed by atoms with Gasteiger partial charge in [-0.25, -0.2) is 8.42 Å². The highest BCUT2D eigenvalue weighted by Crippen LogP contribution is 2.48. The van der Waals surface area contributed by atoms with Crippen LogP contribution < -0.4 is 10.1 Å². The standard InChI is InChI=1S/C30H32ClF3N4O5S/c1-44(41,42)18-24(39)5-3-2-4-6-25(40)21-9-7-20(8-10-21)17-26-35-27(37-28(36-26)43-19-30(32,33)34)38-29(15-16-29)22-11-13-23(31)14-12-22/h7-14H,2-6,15-19H2,1H3,(H,35,36,37,38). The highest BCUT2D eigenvalue weighted by Gasteiger charge is 2.45. The van der Waals surface area contributed by atoms with Gasteiger partial charge in [0.25, 0.3) is 0 Å². The summed E-state index contributed by atoms with van der Waals surface area (Å²) in [5.74, 6) is -0.596. The molecule has 1 heterocycles. The summed E-state index contributed by atoms with van der Waals surface area (Å²) >= 11 is 6.01. The minimum Gasteiger partial charge on any atom is -0.454 e. The number of anilines is 1. The summed E-state index contributed by atoms with van der Waals surface area (Å²) in [5.41, 5.74) is 1.69. The van der Waals surface area contributed by atoms with Crippen LogP contribution in [0.25, 0.3) is 0 Å². The van der Waals surface area contributed by atoms with E-state index in [0.29, 0.717) is 29.8 Å². The van der Waals surface area contributed by atoms with Crippen molar-refractivity contribution in [1.29, 1.82) is 0 Å². The Bertz CT molecular complexity index is 1580. The smallest absolute Gasteiger partial charge is 0.422 e. The van der Waals surface area contributed by atoms with Crippen LogP contribution in [0.2, 0.25) is 5.02 Å². The highest BCUT2D eigenvalue weighted by molar-refractivity contribution is 7.91. The van der Waals surface area contributed by atoms with Crippen LogP contribution in [-0.2, 0) is 26.6 Å². The molecule has 0 atom stereocenters. The van der Waals surface area contributed by atoms with Gasteiger partial charge in [-0.2, -0.15) is 28.1 Å². The molecule has 1 saturated carbocycles. The molecule has 14 heteroatoms. The van der Waals surface area contributed by atoms with E-state index in [9.17, 15) is 31.2 Å². The zero-order valence-corrected chi connectivity index (χ0v) is 25.6. The topological polar surface area (TPSA) is 128 Å². The van der Waals surface area contributed by atoms with E-state index in [4.69, 9.17) is 16.3 Å². The molecule has 0 spiro atoms. The van der Waals surface area contributed by atoms with E-state index in [1.54, 1.807) is 36.4 Å². The van der Waals surface area contributed by atoms with Crippen LogP contribution in [0.15, 0.2) is 48.5 Å². The molecular formula is C30H32ClF3N4O5S. The van der Waals surface area contributed by atoms with E-state index in [0.717, 1.165) is 30.2 Å². The summed E-state index contributed by atoms with van der Waals surface area (Å²) in [6.07, 6.45) is 0.272. The Balaban J connectivity index is 1.38. The van der Waals surface area contributed by atoms with Gasteiger partial charge in [-0.3, -0.25) is 9.59 Å². The summed E-state index contributed by atoms with van der Waals surface area (Å²) in [4.78, 5) is 36.9. The first-order chi connectivity index (χ1) is 20.7. The molecule has 0 amide bonds. The van der Waals surface area contributed by atoms with Crippen LogP contribution >= 0.6 is 11.6 Å². The van der Waals surface area contributed by atoms with Crippen molar-refractivity contribution in [2.75, 3.05) is 23.9 Å². The Morgan fingerprint density at radius 1 is 0.955 bits per heavy atom. The van der Waals surface area contributed by atoms with Crippen molar-refractivity contribution >= 4 is 39.0 Å². The summed E-state index contributed by atoms with van der Waals surface area (Å²) < 4.78 is 65.7. The van der Waals surface area contributed by atoms with Gasteiger partial charge in [0.1, 0.15) is 17.4 Å². The van der Waals surface area contributed by atoms with Gasteiger partial charge in [-0.15, -0.1) is 0 Å². The fourth-order valence-electron chi connectivity index (χ4n) is 4.62. The van der Waals surface area contributed by atoms with Crippen LogP contribution in [0, 0.1) is 0 Å². The zero-order valence-electron chi connectivity index (χ0n) is 24.0. The van der Waals surface area contributed by atoms with Crippen molar-refractivity contribution < 1.29 is 35.9 Å². The molecule has 2 aromatic carbocycles. The van der Waals surface area contributed by atoms with Crippen molar-refractivity contribution in [3.63, 3.8) is 0 Å². The number of aromatic nitrogens is 3. The van der Waals surface area contributed by atoms with E-state index in [1.165, 1.54) is 0 Å². The number of nitrogens with zero attached hydrogens (tertiary/aromatic N) is 3. The molecule has 0 saturated heterocycles. The number of ketones is 2. The number of ether oxygens (including phenoxy) is 1. The second-order valence-corrected chi connectivity index (χ2v) is 13.5. The molecule has 1 aromatic heterocycles. The molecule has 0 bridgehead atoms. The molecule has 9 nitrogen and oxygen atoms in total. The van der Waals surface area contributed by atoms with E-state index < -0.39 is 39.9 Å². The number of carbonyl (C=O) groups is 2. The third kappa shape index (κ3) is 10.5. The second-order valence-electron chi connectivity index (χ2n) is 10.9. The minimum atomic E-state index is -4.57. The Labute approximate surface area is 258 Å². The summed E-state index contributed by atoms with van der Waals surface area (Å²) in [5, 5.41) is 3.82. The number of hydrogen-bond donors (Lipinski definition) is 1. The lowest BCUT2D eigenvalue weighted by molar-refractivity contribution is -0.154. The van der Waals surface area contributed by atoms with Crippen LogP contribution in [0.4, 0.5) is 19.1 Å². The summed E-state index contributed by atoms with van der Waals surface area (Å²) in [7, 11) is -3.34. The number of nitrogens with one attached hydrogen (secondary N) is 1. The molecule has 1 aliphatic rings. The van der Waals surface area contributed by atoms with E-state index in [1.807, 2.05) is 12.1 Å². The van der Waals surface area contributed by atoms with Crippen LogP contribution in [0.3, 0.4) is 0 Å². The highest BCUT2D eigenvalue weighted by atomic mass is 35.5. The first kappa shape index (κ1) is 33.3. The van der Waals surface area contributed by atoms with Gasteiger partial charge in [0, 0.05) is 36.1 Å². The Morgan fingerprint density at radius 2 is 1.61 bits per heavy atom. The maximum atomic E-state index is 12.8. The Morgan fingerprint density at radius 3 is 2.23 bits per heavy atom. The minimum absolute atomic E-state index is 0.0783. The predicted molar refractivity (Wildman–Crippen MR) is 159 cm³/mol. The molecule has 0 radical (unpaired) electrons. The number of rotatable bonds is 16. The number of sulfone groups is 1. The largest absolute Gasteiger partial charge is 0.454 e. The molecule has 1 fully saturated rings. The average Bonchev–Trinajstić information content (AvgIpc) is 3.71. The molecule has 236 valence electrons. The fraction of sp³-hybridized carbons (Fsp3) is 0.433. The van der Waals surface area contributed by atoms with E-state index in [2.05, 4.69) is 20.3 Å². The Hall–Kier alpha value is -3.58. The molecule has 44 heavy (non-hydrogen) atoms. The van der Waals surface area contributed by atoms with Crippen molar-refractivity contribution in [2.24, 2.45) is 0 Å². The number of hydrogen-bond acceptors (Lipinski definition) is 9. The SMILES string of the molecule is CS(=O)(=O)CC(=O)CCCCCC(=O)c1ccc(Cc2nc(NC3(c4ccc(Cl)cc4)CC3)nc(OCC(F)(F)F)n2)cc1. The molecule has 4 rings (SSSR count). The van der Waals surface area contributed by atoms with Crippen molar-refractivity contribution in [3.8, 4) is 6.01 Å². The molecular weight excluding hydrogens is 621 g/mol. The number of carbonyl (C=O) groups excluding carboxylic acids is 2. The third-order valence-corrected chi connectivity index (χ3v) is 8.04. The number of Topliss-reactive ketones (excluding diaryl/α,β-unsaturated/α-hetero) is 2. The van der Waals surface area contributed by atoms with Gasteiger partial charge >= 0.3 is 12.2 Å². The lowest BCUT2D eigenvalue weighted by Crippen LogP contribution is -2.23. The van der Waals surface area contributed by atoms with Gasteiger partial charge in [0.15, 0.2) is 22.2 Å². The van der Waals surface area contributed by atoms with Crippen LogP contribution in [0.5, 0.6) is 6.01 Å². The molecule has 1 aliphatic carbocycles. The molecule has 0 unspecified atom stereocenters. The quantitative estimate of drug-likeness (QED) is 0.148. The lowest BCUT2D eigenvalue weighted by atomic mass is 10.0. The monoisotopic (exact) mass is 652 g/mol. The zero-order chi connectivity index (χ0) is 32.0. The number of unbranched alkanes of at least 4 members (excludes halogenated alkanes) is 2. The first-order valence-electron chi connectivity index (χ1n) is 14.0. The lowest BCUT2D eigenvalue weighted by Gasteiger charge is -2.19. The fourth-order valence-corrected chi connectivity index (χ4v) is 5.48. The molecule has 3 aromatic rings. The summed E-state index contributed by atoms with van der Waals surface area (Å²) in [6, 6.07) is 13.6. The van der Waals surface area contributed by atoms with E-state index >= 15 is 0 Å². The van der Waals surface area contributed by atoms with Crippen molar-refractivity contribution in [3.05, 3.63) is 76.1 Å². The van der Waals surface area contributed by atoms with Gasteiger partial charge in [-0.05, 0) is 48.9 Å². The first-order valence-corrected chi connectivity index (χ1v) is 16.4. The second kappa shape index (κ2) is 14.0. The molecule has 0 aliphatic heterocycles. The van der Waals surface area contributed by atoms with Crippen LogP contribution in [0.1, 0.15) is 72.3 Å². The van der Waals surface area contributed by atoms with Crippen molar-refractivity contribution in [1.82, 2.24) is 15.0 Å². The van der Waals surface area contributed by atoms with Gasteiger partial charge in [0.05, 0.1) is 5.54 Å². The Kier molecular flexibility index (Phi) is 10.6. The summed E-state index contributed by atoms with van der Waals surface area (Å²) in [6.45, 7) is -1.55.